The summed E-state index contributed by atoms with van der Waals surface area (Å²) in [7, 11) is 0. The van der Waals surface area contributed by atoms with Crippen LogP contribution in [0.5, 0.6) is 0 Å². The minimum Gasteiger partial charge on any atom is -0.341 e. The van der Waals surface area contributed by atoms with Gasteiger partial charge in [-0.15, -0.1) is 0 Å². The first-order valence-electron chi connectivity index (χ1n) is 9.69. The minimum atomic E-state index is 0.308. The number of hydrogen-bond acceptors (Lipinski definition) is 5. The molecule has 1 atom stereocenters. The molecule has 3 aromatic heterocycles. The molecule has 1 N–H and O–H groups in total. The van der Waals surface area contributed by atoms with E-state index in [1.165, 1.54) is 12.0 Å². The van der Waals surface area contributed by atoms with Crippen molar-refractivity contribution in [3.8, 4) is 11.5 Å². The van der Waals surface area contributed by atoms with Crippen molar-refractivity contribution in [1.82, 2.24) is 29.8 Å². The first-order valence-corrected chi connectivity index (χ1v) is 9.69. The normalized spacial score (nSPS) is 17.4. The van der Waals surface area contributed by atoms with Gasteiger partial charge in [0.1, 0.15) is 11.5 Å². The SMILES string of the molecule is Cc1ccc2nc(C3CCCN3Cc3cnc(-c4ccccn4)nc3)[nH]c2c1. The molecule has 140 valence electrons. The molecular weight excluding hydrogens is 348 g/mol. The summed E-state index contributed by atoms with van der Waals surface area (Å²) in [5.74, 6) is 1.72. The van der Waals surface area contributed by atoms with Gasteiger partial charge in [0.2, 0.25) is 0 Å². The number of benzene rings is 1. The maximum atomic E-state index is 4.84. The molecule has 1 unspecified atom stereocenters. The molecule has 4 heterocycles. The zero-order valence-corrected chi connectivity index (χ0v) is 15.8. The van der Waals surface area contributed by atoms with E-state index >= 15 is 0 Å². The van der Waals surface area contributed by atoms with Crippen LogP contribution in [0.15, 0.2) is 55.0 Å². The Kier molecular flexibility index (Phi) is 4.33. The van der Waals surface area contributed by atoms with Gasteiger partial charge in [-0.1, -0.05) is 12.1 Å². The number of pyridine rings is 1. The first-order chi connectivity index (χ1) is 13.8. The Hall–Kier alpha value is -3.12. The Labute approximate surface area is 163 Å². The lowest BCUT2D eigenvalue weighted by molar-refractivity contribution is 0.240. The van der Waals surface area contributed by atoms with Crippen molar-refractivity contribution < 1.29 is 0 Å². The van der Waals surface area contributed by atoms with Gasteiger partial charge in [0.05, 0.1) is 17.1 Å². The third-order valence-corrected chi connectivity index (χ3v) is 5.32. The third kappa shape index (κ3) is 3.27. The zero-order chi connectivity index (χ0) is 18.9. The van der Waals surface area contributed by atoms with E-state index < -0.39 is 0 Å². The summed E-state index contributed by atoms with van der Waals surface area (Å²) >= 11 is 0. The molecule has 1 aromatic carbocycles. The molecule has 0 bridgehead atoms. The molecule has 1 saturated heterocycles. The average molecular weight is 370 g/mol. The second-order valence-electron chi connectivity index (χ2n) is 7.40. The van der Waals surface area contributed by atoms with Crippen LogP contribution in [-0.2, 0) is 6.54 Å². The van der Waals surface area contributed by atoms with E-state index in [2.05, 4.69) is 50.0 Å². The van der Waals surface area contributed by atoms with Gasteiger partial charge in [-0.3, -0.25) is 9.88 Å². The number of aromatic nitrogens is 5. The van der Waals surface area contributed by atoms with Gasteiger partial charge in [-0.2, -0.15) is 0 Å². The predicted octanol–water partition coefficient (Wildman–Crippen LogP) is 4.06. The van der Waals surface area contributed by atoms with E-state index in [1.807, 2.05) is 30.6 Å². The summed E-state index contributed by atoms with van der Waals surface area (Å²) in [6.07, 6.45) is 7.87. The van der Waals surface area contributed by atoms with E-state index in [9.17, 15) is 0 Å². The molecule has 6 heteroatoms. The van der Waals surface area contributed by atoms with Gasteiger partial charge in [0, 0.05) is 30.7 Å². The fraction of sp³-hybridized carbons (Fsp3) is 0.273. The van der Waals surface area contributed by atoms with Crippen LogP contribution < -0.4 is 0 Å². The van der Waals surface area contributed by atoms with Crippen LogP contribution in [0.3, 0.4) is 0 Å². The smallest absolute Gasteiger partial charge is 0.178 e. The molecule has 1 aliphatic rings. The Morgan fingerprint density at radius 3 is 2.82 bits per heavy atom. The summed E-state index contributed by atoms with van der Waals surface area (Å²) in [4.78, 5) is 24.2. The largest absolute Gasteiger partial charge is 0.341 e. The highest BCUT2D eigenvalue weighted by Gasteiger charge is 2.28. The minimum absolute atomic E-state index is 0.308. The van der Waals surface area contributed by atoms with Crippen LogP contribution in [0.2, 0.25) is 0 Å². The summed E-state index contributed by atoms with van der Waals surface area (Å²) in [6.45, 7) is 3.99. The van der Waals surface area contributed by atoms with Crippen molar-refractivity contribution in [2.24, 2.45) is 0 Å². The maximum Gasteiger partial charge on any atom is 0.178 e. The summed E-state index contributed by atoms with van der Waals surface area (Å²) in [5.41, 5.74) is 5.31. The van der Waals surface area contributed by atoms with Crippen molar-refractivity contribution in [2.45, 2.75) is 32.4 Å². The van der Waals surface area contributed by atoms with Crippen LogP contribution in [-0.4, -0.2) is 36.4 Å². The molecule has 5 rings (SSSR count). The van der Waals surface area contributed by atoms with Gasteiger partial charge in [-0.05, 0) is 56.1 Å². The van der Waals surface area contributed by atoms with Gasteiger partial charge in [-0.25, -0.2) is 15.0 Å². The average Bonchev–Trinajstić information content (AvgIpc) is 3.35. The molecule has 0 amide bonds. The number of aryl methyl sites for hydroxylation is 1. The first kappa shape index (κ1) is 17.0. The van der Waals surface area contributed by atoms with Crippen molar-refractivity contribution >= 4 is 11.0 Å². The fourth-order valence-corrected chi connectivity index (χ4v) is 3.92. The highest BCUT2D eigenvalue weighted by molar-refractivity contribution is 5.75. The van der Waals surface area contributed by atoms with Crippen molar-refractivity contribution in [1.29, 1.82) is 0 Å². The number of likely N-dealkylation sites (tertiary alicyclic amines) is 1. The lowest BCUT2D eigenvalue weighted by Crippen LogP contribution is -2.23. The van der Waals surface area contributed by atoms with Crippen molar-refractivity contribution in [3.05, 3.63) is 71.9 Å². The zero-order valence-electron chi connectivity index (χ0n) is 15.8. The second kappa shape index (κ2) is 7.13. The van der Waals surface area contributed by atoms with Crippen LogP contribution in [0.4, 0.5) is 0 Å². The molecule has 0 radical (unpaired) electrons. The molecule has 4 aromatic rings. The highest BCUT2D eigenvalue weighted by Crippen LogP contribution is 2.32. The third-order valence-electron chi connectivity index (χ3n) is 5.32. The molecule has 1 aliphatic heterocycles. The van der Waals surface area contributed by atoms with Crippen LogP contribution >= 0.6 is 0 Å². The Bertz CT molecular complexity index is 1090. The lowest BCUT2D eigenvalue weighted by atomic mass is 10.2. The topological polar surface area (TPSA) is 70.6 Å². The summed E-state index contributed by atoms with van der Waals surface area (Å²) in [6, 6.07) is 12.4. The van der Waals surface area contributed by atoms with Crippen LogP contribution in [0.1, 0.15) is 35.8 Å². The number of rotatable bonds is 4. The predicted molar refractivity (Wildman–Crippen MR) is 108 cm³/mol. The van der Waals surface area contributed by atoms with Crippen LogP contribution in [0, 0.1) is 6.92 Å². The number of hydrogen-bond donors (Lipinski definition) is 1. The number of fused-ring (bicyclic) bond motifs is 1. The van der Waals surface area contributed by atoms with Gasteiger partial charge in [0.15, 0.2) is 5.82 Å². The van der Waals surface area contributed by atoms with Crippen molar-refractivity contribution in [3.63, 3.8) is 0 Å². The quantitative estimate of drug-likeness (QED) is 0.587. The lowest BCUT2D eigenvalue weighted by Gasteiger charge is -2.22. The molecule has 6 nitrogen and oxygen atoms in total. The van der Waals surface area contributed by atoms with Crippen LogP contribution in [0.25, 0.3) is 22.6 Å². The molecule has 28 heavy (non-hydrogen) atoms. The number of aromatic amines is 1. The monoisotopic (exact) mass is 370 g/mol. The summed E-state index contributed by atoms with van der Waals surface area (Å²) in [5, 5.41) is 0. The molecular formula is C22H22N6. The van der Waals surface area contributed by atoms with E-state index in [-0.39, 0.29) is 0 Å². The highest BCUT2D eigenvalue weighted by atomic mass is 15.2. The Morgan fingerprint density at radius 2 is 2.00 bits per heavy atom. The molecule has 1 fully saturated rings. The van der Waals surface area contributed by atoms with Crippen molar-refractivity contribution in [2.75, 3.05) is 6.54 Å². The molecule has 0 spiro atoms. The fourth-order valence-electron chi connectivity index (χ4n) is 3.92. The van der Waals surface area contributed by atoms with E-state index in [4.69, 9.17) is 4.98 Å². The number of H-pyrrole nitrogens is 1. The second-order valence-corrected chi connectivity index (χ2v) is 7.40. The molecule has 0 saturated carbocycles. The molecule has 0 aliphatic carbocycles. The van der Waals surface area contributed by atoms with E-state index in [1.54, 1.807) is 6.20 Å². The standard InChI is InChI=1S/C22H22N6/c1-15-7-8-17-19(11-15)27-22(26-17)20-6-4-10-28(20)14-16-12-24-21(25-13-16)18-5-2-3-9-23-18/h2-3,5,7-9,11-13,20H,4,6,10,14H2,1H3,(H,26,27). The maximum absolute atomic E-state index is 4.84. The van der Waals surface area contributed by atoms with E-state index in [0.717, 1.165) is 47.6 Å². The Morgan fingerprint density at radius 1 is 1.11 bits per heavy atom. The van der Waals surface area contributed by atoms with Gasteiger partial charge in [0.25, 0.3) is 0 Å². The Balaban J connectivity index is 1.35. The summed E-state index contributed by atoms with van der Waals surface area (Å²) < 4.78 is 0. The van der Waals surface area contributed by atoms with E-state index in [0.29, 0.717) is 11.9 Å². The van der Waals surface area contributed by atoms with Gasteiger partial charge >= 0.3 is 0 Å². The number of nitrogens with zero attached hydrogens (tertiary/aromatic N) is 5. The number of nitrogens with one attached hydrogen (secondary N) is 1. The number of imidazole rings is 1. The van der Waals surface area contributed by atoms with Gasteiger partial charge < -0.3 is 4.98 Å².